The van der Waals surface area contributed by atoms with Gasteiger partial charge in [-0.3, -0.25) is 4.65 Å². The van der Waals surface area contributed by atoms with Crippen LogP contribution in [0.25, 0.3) is 0 Å². The van der Waals surface area contributed by atoms with E-state index >= 15 is 0 Å². The second-order valence-corrected chi connectivity index (χ2v) is 7.77. The average Bonchev–Trinajstić information content (AvgIpc) is 3.02. The minimum absolute atomic E-state index is 0.0597. The van der Waals surface area contributed by atoms with Crippen molar-refractivity contribution in [2.24, 2.45) is 5.92 Å². The summed E-state index contributed by atoms with van der Waals surface area (Å²) in [6, 6.07) is 0. The Morgan fingerprint density at radius 3 is 3.09 bits per heavy atom. The number of aliphatic hydroxyl groups is 1. The van der Waals surface area contributed by atoms with Crippen LogP contribution >= 0.6 is 22.9 Å². The van der Waals surface area contributed by atoms with Gasteiger partial charge in [0.15, 0.2) is 0 Å². The molecule has 2 aliphatic rings. The highest BCUT2D eigenvalue weighted by Crippen LogP contribution is 2.46. The maximum Gasteiger partial charge on any atom is 0.289 e. The van der Waals surface area contributed by atoms with Crippen molar-refractivity contribution in [3.63, 3.8) is 0 Å². The number of aromatic nitrogens is 1. The predicted octanol–water partition coefficient (Wildman–Crippen LogP) is 2.98. The molecule has 3 rings (SSSR count). The molecule has 22 heavy (non-hydrogen) atoms. The Kier molecular flexibility index (Phi) is 4.60. The molecular weight excluding hydrogens is 322 g/mol. The lowest BCUT2D eigenvalue weighted by Crippen LogP contribution is -2.48. The van der Waals surface area contributed by atoms with E-state index in [0.29, 0.717) is 24.1 Å². The number of β-amino-alcohol motifs (C(OH)–C–C–N with tert-alkyl or cyclic N) is 1. The molecule has 0 amide bonds. The largest absolute Gasteiger partial charge is 0.623 e. The first kappa shape index (κ1) is 16.4. The van der Waals surface area contributed by atoms with E-state index in [1.165, 1.54) is 11.3 Å². The third kappa shape index (κ3) is 2.72. The number of halogens is 1. The second kappa shape index (κ2) is 6.19. The summed E-state index contributed by atoms with van der Waals surface area (Å²) in [4.78, 5) is 7.50. The molecule has 1 aromatic heterocycles. The lowest BCUT2D eigenvalue weighted by molar-refractivity contribution is 0.0846. The molecule has 5 nitrogen and oxygen atoms in total. The van der Waals surface area contributed by atoms with Gasteiger partial charge < -0.3 is 10.3 Å². The molecule has 122 valence electrons. The Morgan fingerprint density at radius 2 is 2.41 bits per heavy atom. The molecule has 4 atom stereocenters. The SMILES string of the molecule is C=CCN1CC(O)[N+]([O-])(c2nc3c(s2)C(Cl)CC(CC)C3)C1. The van der Waals surface area contributed by atoms with Gasteiger partial charge in [0.1, 0.15) is 6.67 Å². The van der Waals surface area contributed by atoms with E-state index in [2.05, 4.69) is 18.5 Å². The maximum atomic E-state index is 13.1. The molecule has 1 N–H and O–H groups in total. The van der Waals surface area contributed by atoms with Crippen LogP contribution in [0.4, 0.5) is 5.13 Å². The number of quaternary nitrogens is 1. The first-order valence-corrected chi connectivity index (χ1v) is 8.97. The lowest BCUT2D eigenvalue weighted by atomic mass is 9.89. The van der Waals surface area contributed by atoms with E-state index < -0.39 is 10.9 Å². The zero-order valence-corrected chi connectivity index (χ0v) is 14.3. The Labute approximate surface area is 140 Å². The second-order valence-electron chi connectivity index (χ2n) is 6.23. The molecule has 1 fully saturated rings. The number of aliphatic hydroxyl groups excluding tert-OH is 1. The minimum Gasteiger partial charge on any atom is -0.623 e. The number of hydroxylamine groups is 2. The van der Waals surface area contributed by atoms with Crippen LogP contribution in [0.15, 0.2) is 12.7 Å². The number of thiazole rings is 1. The van der Waals surface area contributed by atoms with E-state index in [0.717, 1.165) is 29.8 Å². The number of hydrogen-bond donors (Lipinski definition) is 1. The Bertz CT molecular complexity index is 567. The molecule has 1 aliphatic heterocycles. The summed E-state index contributed by atoms with van der Waals surface area (Å²) in [6.45, 7) is 7.00. The molecule has 0 saturated carbocycles. The van der Waals surface area contributed by atoms with Gasteiger partial charge in [-0.05, 0) is 18.8 Å². The molecule has 7 heteroatoms. The number of nitrogens with zero attached hydrogens (tertiary/aromatic N) is 3. The highest BCUT2D eigenvalue weighted by atomic mass is 35.5. The molecule has 1 aromatic rings. The molecule has 4 unspecified atom stereocenters. The van der Waals surface area contributed by atoms with Crippen LogP contribution in [0, 0.1) is 11.1 Å². The summed E-state index contributed by atoms with van der Waals surface area (Å²) in [5.41, 5.74) is 0.959. The van der Waals surface area contributed by atoms with Gasteiger partial charge in [-0.1, -0.05) is 30.8 Å². The van der Waals surface area contributed by atoms with Crippen LogP contribution in [-0.4, -0.2) is 41.0 Å². The predicted molar refractivity (Wildman–Crippen MR) is 90.6 cm³/mol. The van der Waals surface area contributed by atoms with E-state index in [9.17, 15) is 10.3 Å². The van der Waals surface area contributed by atoms with Gasteiger partial charge in [-0.2, -0.15) is 4.98 Å². The maximum absolute atomic E-state index is 13.1. The molecule has 0 aromatic carbocycles. The average molecular weight is 344 g/mol. The van der Waals surface area contributed by atoms with Crippen LogP contribution in [0.5, 0.6) is 0 Å². The van der Waals surface area contributed by atoms with Gasteiger partial charge in [-0.25, -0.2) is 4.90 Å². The number of rotatable bonds is 4. The normalized spacial score (nSPS) is 35.5. The fraction of sp³-hybridized carbons (Fsp3) is 0.667. The monoisotopic (exact) mass is 343 g/mol. The smallest absolute Gasteiger partial charge is 0.289 e. The zero-order valence-electron chi connectivity index (χ0n) is 12.7. The third-order valence-electron chi connectivity index (χ3n) is 4.62. The van der Waals surface area contributed by atoms with Crippen LogP contribution in [0.3, 0.4) is 0 Å². The Morgan fingerprint density at radius 1 is 1.64 bits per heavy atom. The molecule has 0 spiro atoms. The topological polar surface area (TPSA) is 59.4 Å². The zero-order chi connectivity index (χ0) is 15.9. The van der Waals surface area contributed by atoms with Crippen molar-refractivity contribution < 1.29 is 5.11 Å². The first-order valence-electron chi connectivity index (χ1n) is 7.72. The van der Waals surface area contributed by atoms with Crippen LogP contribution < -0.4 is 4.65 Å². The quantitative estimate of drug-likeness (QED) is 0.395. The van der Waals surface area contributed by atoms with E-state index in [1.54, 1.807) is 6.08 Å². The molecule has 0 bridgehead atoms. The van der Waals surface area contributed by atoms with Crippen molar-refractivity contribution in [1.29, 1.82) is 0 Å². The summed E-state index contributed by atoms with van der Waals surface area (Å²) in [5.74, 6) is 0.533. The standard InChI is InChI=1S/C15H22ClN3O2S/c1-3-5-18-8-13(20)19(21,9-18)15-17-12-7-10(4-2)6-11(16)14(12)22-15/h3,10-11,13,20H,1,4-9H2,2H3. The van der Waals surface area contributed by atoms with Crippen molar-refractivity contribution in [3.05, 3.63) is 28.4 Å². The number of alkyl halides is 1. The lowest BCUT2D eigenvalue weighted by Gasteiger charge is -2.37. The molecule has 0 radical (unpaired) electrons. The summed E-state index contributed by atoms with van der Waals surface area (Å²) in [5, 5.41) is 23.7. The van der Waals surface area contributed by atoms with Crippen molar-refractivity contribution in [3.8, 4) is 0 Å². The first-order chi connectivity index (χ1) is 10.5. The fourth-order valence-electron chi connectivity index (χ4n) is 3.29. The number of fused-ring (bicyclic) bond motifs is 1. The minimum atomic E-state index is -0.997. The molecule has 1 saturated heterocycles. The summed E-state index contributed by atoms with van der Waals surface area (Å²) < 4.78 is -0.786. The Balaban J connectivity index is 1.88. The van der Waals surface area contributed by atoms with Crippen LogP contribution in [0.2, 0.25) is 0 Å². The van der Waals surface area contributed by atoms with E-state index in [-0.39, 0.29) is 12.0 Å². The van der Waals surface area contributed by atoms with Crippen LogP contribution in [0.1, 0.15) is 35.7 Å². The van der Waals surface area contributed by atoms with E-state index in [4.69, 9.17) is 11.6 Å². The third-order valence-corrected chi connectivity index (χ3v) is 6.47. The van der Waals surface area contributed by atoms with Gasteiger partial charge in [0, 0.05) is 6.54 Å². The van der Waals surface area contributed by atoms with Gasteiger partial charge in [0.2, 0.25) is 6.23 Å². The Hall–Kier alpha value is -0.500. The van der Waals surface area contributed by atoms with Gasteiger partial charge >= 0.3 is 0 Å². The fourth-order valence-corrected chi connectivity index (χ4v) is 4.95. The van der Waals surface area contributed by atoms with Gasteiger partial charge in [0.25, 0.3) is 5.13 Å². The summed E-state index contributed by atoms with van der Waals surface area (Å²) in [7, 11) is 0. The number of hydrogen-bond acceptors (Lipinski definition) is 5. The van der Waals surface area contributed by atoms with Gasteiger partial charge in [-0.15, -0.1) is 18.2 Å². The van der Waals surface area contributed by atoms with Crippen molar-refractivity contribution in [2.45, 2.75) is 37.8 Å². The van der Waals surface area contributed by atoms with Crippen molar-refractivity contribution in [2.75, 3.05) is 19.8 Å². The van der Waals surface area contributed by atoms with E-state index in [1.807, 2.05) is 4.90 Å². The summed E-state index contributed by atoms with van der Waals surface area (Å²) >= 11 is 7.86. The molecular formula is C15H22ClN3O2S. The highest BCUT2D eigenvalue weighted by Gasteiger charge is 2.43. The summed E-state index contributed by atoms with van der Waals surface area (Å²) in [6.07, 6.45) is 3.65. The van der Waals surface area contributed by atoms with Crippen molar-refractivity contribution >= 4 is 28.1 Å². The molecule has 1 aliphatic carbocycles. The van der Waals surface area contributed by atoms with Gasteiger partial charge in [0.05, 0.1) is 22.5 Å². The van der Waals surface area contributed by atoms with Crippen molar-refractivity contribution in [1.82, 2.24) is 14.5 Å². The highest BCUT2D eigenvalue weighted by molar-refractivity contribution is 7.15. The van der Waals surface area contributed by atoms with Crippen LogP contribution in [-0.2, 0) is 6.42 Å². The molecule has 2 heterocycles.